The Hall–Kier alpha value is -0.800. The molecule has 0 bridgehead atoms. The predicted molar refractivity (Wildman–Crippen MR) is 65.2 cm³/mol. The van der Waals surface area contributed by atoms with Gasteiger partial charge < -0.3 is 14.8 Å². The topological polar surface area (TPSA) is 45.4 Å². The third kappa shape index (κ3) is 3.09. The lowest BCUT2D eigenvalue weighted by atomic mass is 9.83. The lowest BCUT2D eigenvalue weighted by Gasteiger charge is -2.31. The minimum Gasteiger partial charge on any atom is -0.472 e. The van der Waals surface area contributed by atoms with Crippen LogP contribution in [0, 0.1) is 5.41 Å². The molecule has 0 spiro atoms. The van der Waals surface area contributed by atoms with Gasteiger partial charge in [0.05, 0.1) is 12.5 Å². The van der Waals surface area contributed by atoms with Crippen molar-refractivity contribution >= 4 is 0 Å². The maximum absolute atomic E-state index is 9.46. The van der Waals surface area contributed by atoms with Gasteiger partial charge >= 0.3 is 0 Å². The maximum Gasteiger partial charge on any atom is 0.0950 e. The lowest BCUT2D eigenvalue weighted by molar-refractivity contribution is 0.110. The molecule has 16 heavy (non-hydrogen) atoms. The fraction of sp³-hybridized carbons (Fsp3) is 0.692. The van der Waals surface area contributed by atoms with Crippen molar-refractivity contribution in [3.05, 3.63) is 24.2 Å². The molecule has 2 N–H and O–H groups in total. The number of aliphatic hydroxyl groups is 1. The Morgan fingerprint density at radius 2 is 2.12 bits per heavy atom. The summed E-state index contributed by atoms with van der Waals surface area (Å²) in [5.74, 6) is 0. The average molecular weight is 225 g/mol. The molecule has 0 aliphatic carbocycles. The van der Waals surface area contributed by atoms with E-state index < -0.39 is 0 Å². The number of aliphatic hydroxyl groups excluding tert-OH is 1. The van der Waals surface area contributed by atoms with Crippen LogP contribution in [0.15, 0.2) is 23.0 Å². The van der Waals surface area contributed by atoms with Gasteiger partial charge in [-0.15, -0.1) is 0 Å². The highest BCUT2D eigenvalue weighted by Crippen LogP contribution is 2.25. The predicted octanol–water partition coefficient (Wildman–Crippen LogP) is 2.73. The number of hydrogen-bond donors (Lipinski definition) is 2. The highest BCUT2D eigenvalue weighted by atomic mass is 16.3. The average Bonchev–Trinajstić information content (AvgIpc) is 2.85. The smallest absolute Gasteiger partial charge is 0.0950 e. The third-order valence-corrected chi connectivity index (χ3v) is 3.66. The first-order chi connectivity index (χ1) is 7.67. The van der Waals surface area contributed by atoms with Gasteiger partial charge in [0.2, 0.25) is 0 Å². The molecule has 0 amide bonds. The fourth-order valence-corrected chi connectivity index (χ4v) is 1.79. The van der Waals surface area contributed by atoms with Crippen molar-refractivity contribution in [2.45, 2.75) is 39.7 Å². The van der Waals surface area contributed by atoms with Gasteiger partial charge in [-0.05, 0) is 25.8 Å². The normalized spacial score (nSPS) is 14.0. The molecular formula is C13H23NO2. The molecule has 0 aliphatic heterocycles. The lowest BCUT2D eigenvalue weighted by Crippen LogP contribution is -2.37. The highest BCUT2D eigenvalue weighted by molar-refractivity contribution is 5.10. The van der Waals surface area contributed by atoms with Crippen LogP contribution in [0.2, 0.25) is 0 Å². The SMILES string of the molecule is CCC(CC)(CO)CNC(C)c1ccoc1. The van der Waals surface area contributed by atoms with Gasteiger partial charge in [-0.2, -0.15) is 0 Å². The van der Waals surface area contributed by atoms with Crippen molar-refractivity contribution in [3.63, 3.8) is 0 Å². The summed E-state index contributed by atoms with van der Waals surface area (Å²) < 4.78 is 5.06. The van der Waals surface area contributed by atoms with Crippen LogP contribution in [0.4, 0.5) is 0 Å². The second-order valence-electron chi connectivity index (χ2n) is 4.52. The van der Waals surface area contributed by atoms with Gasteiger partial charge in [-0.1, -0.05) is 13.8 Å². The van der Waals surface area contributed by atoms with Gasteiger partial charge in [0, 0.05) is 30.2 Å². The molecule has 1 heterocycles. The highest BCUT2D eigenvalue weighted by Gasteiger charge is 2.25. The molecule has 0 fully saturated rings. The third-order valence-electron chi connectivity index (χ3n) is 3.66. The molecular weight excluding hydrogens is 202 g/mol. The molecule has 0 aromatic carbocycles. The summed E-state index contributed by atoms with van der Waals surface area (Å²) in [6.07, 6.45) is 5.43. The van der Waals surface area contributed by atoms with Gasteiger partial charge in [0.15, 0.2) is 0 Å². The first-order valence-corrected chi connectivity index (χ1v) is 6.03. The molecule has 0 saturated carbocycles. The van der Waals surface area contributed by atoms with Gasteiger partial charge in [0.1, 0.15) is 0 Å². The Morgan fingerprint density at radius 1 is 1.44 bits per heavy atom. The van der Waals surface area contributed by atoms with E-state index in [0.717, 1.165) is 24.9 Å². The Labute approximate surface area is 97.9 Å². The van der Waals surface area contributed by atoms with Crippen LogP contribution in [0.5, 0.6) is 0 Å². The Balaban J connectivity index is 2.49. The van der Waals surface area contributed by atoms with Crippen molar-refractivity contribution in [1.82, 2.24) is 5.32 Å². The zero-order chi connectivity index (χ0) is 12.0. The van der Waals surface area contributed by atoms with Crippen molar-refractivity contribution in [1.29, 1.82) is 0 Å². The summed E-state index contributed by atoms with van der Waals surface area (Å²) in [5, 5.41) is 12.9. The molecule has 0 aliphatic rings. The van der Waals surface area contributed by atoms with Gasteiger partial charge in [-0.3, -0.25) is 0 Å². The van der Waals surface area contributed by atoms with E-state index in [9.17, 15) is 5.11 Å². The van der Waals surface area contributed by atoms with Crippen LogP contribution in [-0.2, 0) is 0 Å². The second-order valence-corrected chi connectivity index (χ2v) is 4.52. The molecule has 1 rings (SSSR count). The molecule has 1 aromatic rings. The van der Waals surface area contributed by atoms with E-state index in [2.05, 4.69) is 26.1 Å². The Morgan fingerprint density at radius 3 is 2.56 bits per heavy atom. The monoisotopic (exact) mass is 225 g/mol. The van der Waals surface area contributed by atoms with Crippen LogP contribution >= 0.6 is 0 Å². The summed E-state index contributed by atoms with van der Waals surface area (Å²) in [6.45, 7) is 7.44. The second kappa shape index (κ2) is 6.06. The van der Waals surface area contributed by atoms with E-state index in [0.29, 0.717) is 0 Å². The van der Waals surface area contributed by atoms with Crippen molar-refractivity contribution in [3.8, 4) is 0 Å². The van der Waals surface area contributed by atoms with E-state index >= 15 is 0 Å². The minimum atomic E-state index is 0.0119. The van der Waals surface area contributed by atoms with Crippen molar-refractivity contribution < 1.29 is 9.52 Å². The quantitative estimate of drug-likeness (QED) is 0.750. The van der Waals surface area contributed by atoms with Crippen molar-refractivity contribution in [2.75, 3.05) is 13.2 Å². The van der Waals surface area contributed by atoms with Crippen LogP contribution < -0.4 is 5.32 Å². The number of nitrogens with one attached hydrogen (secondary N) is 1. The maximum atomic E-state index is 9.46. The van der Waals surface area contributed by atoms with Crippen LogP contribution in [0.1, 0.15) is 45.2 Å². The molecule has 92 valence electrons. The van der Waals surface area contributed by atoms with Crippen LogP contribution in [0.3, 0.4) is 0 Å². The number of rotatable bonds is 7. The van der Waals surface area contributed by atoms with Crippen LogP contribution in [0.25, 0.3) is 0 Å². The molecule has 0 saturated heterocycles. The summed E-state index contributed by atoms with van der Waals surface area (Å²) in [6, 6.07) is 2.23. The van der Waals surface area contributed by atoms with Gasteiger partial charge in [-0.25, -0.2) is 0 Å². The molecule has 3 heteroatoms. The van der Waals surface area contributed by atoms with Crippen molar-refractivity contribution in [2.24, 2.45) is 5.41 Å². The fourth-order valence-electron chi connectivity index (χ4n) is 1.79. The zero-order valence-corrected chi connectivity index (χ0v) is 10.5. The van der Waals surface area contributed by atoms with E-state index in [1.165, 1.54) is 0 Å². The van der Waals surface area contributed by atoms with Gasteiger partial charge in [0.25, 0.3) is 0 Å². The molecule has 3 nitrogen and oxygen atoms in total. The summed E-state index contributed by atoms with van der Waals surface area (Å²) in [7, 11) is 0. The van der Waals surface area contributed by atoms with E-state index in [1.54, 1.807) is 12.5 Å². The summed E-state index contributed by atoms with van der Waals surface area (Å²) in [5.41, 5.74) is 1.16. The van der Waals surface area contributed by atoms with E-state index in [-0.39, 0.29) is 18.1 Å². The first kappa shape index (κ1) is 13.3. The van der Waals surface area contributed by atoms with E-state index in [1.807, 2.05) is 6.07 Å². The molecule has 1 atom stereocenters. The summed E-state index contributed by atoms with van der Waals surface area (Å²) >= 11 is 0. The molecule has 1 unspecified atom stereocenters. The molecule has 1 aromatic heterocycles. The largest absolute Gasteiger partial charge is 0.472 e. The van der Waals surface area contributed by atoms with E-state index in [4.69, 9.17) is 4.42 Å². The molecule has 0 radical (unpaired) electrons. The summed E-state index contributed by atoms with van der Waals surface area (Å²) in [4.78, 5) is 0. The first-order valence-electron chi connectivity index (χ1n) is 6.03. The number of hydrogen-bond acceptors (Lipinski definition) is 3. The Kier molecular flexibility index (Phi) is 5.03. The minimum absolute atomic E-state index is 0.0119. The Bertz CT molecular complexity index is 270. The standard InChI is InChI=1S/C13H23NO2/c1-4-13(5-2,10-15)9-14-11(3)12-6-7-16-8-12/h6-8,11,14-15H,4-5,9-10H2,1-3H3. The zero-order valence-electron chi connectivity index (χ0n) is 10.5. The van der Waals surface area contributed by atoms with Crippen LogP contribution in [-0.4, -0.2) is 18.3 Å². The number of furan rings is 1.